The van der Waals surface area contributed by atoms with Crippen LogP contribution in [0.25, 0.3) is 6.08 Å². The van der Waals surface area contributed by atoms with Crippen molar-refractivity contribution in [3.63, 3.8) is 0 Å². The van der Waals surface area contributed by atoms with E-state index in [0.717, 1.165) is 22.9 Å². The average Bonchev–Trinajstić information content (AvgIpc) is 2.25. The predicted octanol–water partition coefficient (Wildman–Crippen LogP) is 5.03. The Morgan fingerprint density at radius 2 is 1.78 bits per heavy atom. The maximum atomic E-state index is 12.6. The highest BCUT2D eigenvalue weighted by molar-refractivity contribution is 8.00. The number of hydrogen-bond acceptors (Lipinski definition) is 1. The summed E-state index contributed by atoms with van der Waals surface area (Å²) in [6.45, 7) is 6.27. The SMILES string of the molecule is CC(C)(C)c1ccc2c(c1)C=CC(C(F)(F)F)S2. The van der Waals surface area contributed by atoms with Crippen LogP contribution in [0.2, 0.25) is 0 Å². The van der Waals surface area contributed by atoms with Crippen molar-refractivity contribution >= 4 is 17.8 Å². The van der Waals surface area contributed by atoms with Gasteiger partial charge in [0.15, 0.2) is 0 Å². The van der Waals surface area contributed by atoms with Crippen LogP contribution in [0.5, 0.6) is 0 Å². The van der Waals surface area contributed by atoms with E-state index in [1.165, 1.54) is 6.08 Å². The molecule has 0 bridgehead atoms. The van der Waals surface area contributed by atoms with E-state index in [2.05, 4.69) is 20.8 Å². The molecule has 0 spiro atoms. The third-order valence-corrected chi connectivity index (χ3v) is 4.21. The molecular formula is C14H15F3S. The van der Waals surface area contributed by atoms with Gasteiger partial charge in [-0.15, -0.1) is 11.8 Å². The first-order valence-corrected chi connectivity index (χ1v) is 6.62. The van der Waals surface area contributed by atoms with Crippen LogP contribution in [-0.4, -0.2) is 11.4 Å². The van der Waals surface area contributed by atoms with Crippen molar-refractivity contribution in [1.82, 2.24) is 0 Å². The molecule has 98 valence electrons. The second-order valence-electron chi connectivity index (χ2n) is 5.44. The van der Waals surface area contributed by atoms with E-state index in [9.17, 15) is 13.2 Å². The lowest BCUT2D eigenvalue weighted by Gasteiger charge is -2.24. The van der Waals surface area contributed by atoms with Crippen LogP contribution in [0.3, 0.4) is 0 Å². The molecule has 0 saturated carbocycles. The molecule has 1 aliphatic rings. The van der Waals surface area contributed by atoms with E-state index >= 15 is 0 Å². The Labute approximate surface area is 109 Å². The van der Waals surface area contributed by atoms with Crippen LogP contribution in [0.15, 0.2) is 29.2 Å². The Balaban J connectivity index is 2.33. The zero-order chi connectivity index (χ0) is 13.6. The third-order valence-electron chi connectivity index (χ3n) is 2.90. The van der Waals surface area contributed by atoms with Crippen LogP contribution < -0.4 is 0 Å². The average molecular weight is 272 g/mol. The fraction of sp³-hybridized carbons (Fsp3) is 0.429. The van der Waals surface area contributed by atoms with Gasteiger partial charge in [0.05, 0.1) is 0 Å². The van der Waals surface area contributed by atoms with Gasteiger partial charge in [0.25, 0.3) is 0 Å². The van der Waals surface area contributed by atoms with Gasteiger partial charge in [-0.05, 0) is 22.6 Å². The zero-order valence-electron chi connectivity index (χ0n) is 10.5. The fourth-order valence-electron chi connectivity index (χ4n) is 1.80. The van der Waals surface area contributed by atoms with Crippen LogP contribution in [0.1, 0.15) is 31.9 Å². The molecule has 0 saturated heterocycles. The van der Waals surface area contributed by atoms with Crippen molar-refractivity contribution in [3.05, 3.63) is 35.4 Å². The van der Waals surface area contributed by atoms with Gasteiger partial charge in [-0.3, -0.25) is 0 Å². The number of benzene rings is 1. The minimum absolute atomic E-state index is 0.00835. The van der Waals surface area contributed by atoms with Crippen LogP contribution in [-0.2, 0) is 5.41 Å². The summed E-state index contributed by atoms with van der Waals surface area (Å²) in [5, 5.41) is -1.43. The topological polar surface area (TPSA) is 0 Å². The first-order chi connectivity index (χ1) is 8.18. The Morgan fingerprint density at radius 3 is 2.33 bits per heavy atom. The molecule has 1 aromatic rings. The number of thioether (sulfide) groups is 1. The normalized spacial score (nSPS) is 19.8. The van der Waals surface area contributed by atoms with E-state index in [1.54, 1.807) is 12.1 Å². The summed E-state index contributed by atoms with van der Waals surface area (Å²) < 4.78 is 37.9. The summed E-state index contributed by atoms with van der Waals surface area (Å²) in [6.07, 6.45) is -1.36. The highest BCUT2D eigenvalue weighted by Crippen LogP contribution is 2.42. The Bertz CT molecular complexity index is 481. The summed E-state index contributed by atoms with van der Waals surface area (Å²) in [6, 6.07) is 5.69. The molecule has 0 nitrogen and oxygen atoms in total. The molecule has 1 aliphatic heterocycles. The summed E-state index contributed by atoms with van der Waals surface area (Å²) >= 11 is 0.871. The molecule has 18 heavy (non-hydrogen) atoms. The van der Waals surface area contributed by atoms with Gasteiger partial charge >= 0.3 is 6.18 Å². The number of rotatable bonds is 0. The number of fused-ring (bicyclic) bond motifs is 1. The van der Waals surface area contributed by atoms with Gasteiger partial charge in [-0.1, -0.05) is 45.1 Å². The fourth-order valence-corrected chi connectivity index (χ4v) is 2.77. The molecule has 0 fully saturated rings. The van der Waals surface area contributed by atoms with Crippen LogP contribution >= 0.6 is 11.8 Å². The second-order valence-corrected chi connectivity index (χ2v) is 6.63. The molecule has 0 aliphatic carbocycles. The van der Waals surface area contributed by atoms with Crippen LogP contribution in [0, 0.1) is 0 Å². The van der Waals surface area contributed by atoms with Gasteiger partial charge in [0.2, 0.25) is 0 Å². The minimum atomic E-state index is -4.18. The predicted molar refractivity (Wildman–Crippen MR) is 69.9 cm³/mol. The van der Waals surface area contributed by atoms with E-state index in [4.69, 9.17) is 0 Å². The summed E-state index contributed by atoms with van der Waals surface area (Å²) in [4.78, 5) is 0.702. The largest absolute Gasteiger partial charge is 0.404 e. The van der Waals surface area contributed by atoms with Crippen molar-refractivity contribution in [2.75, 3.05) is 0 Å². The van der Waals surface area contributed by atoms with Crippen molar-refractivity contribution in [2.45, 2.75) is 42.5 Å². The van der Waals surface area contributed by atoms with Gasteiger partial charge in [0.1, 0.15) is 5.25 Å². The standard InChI is InChI=1S/C14H15F3S/c1-13(2,3)10-5-6-11-9(8-10)4-7-12(18-11)14(15,16)17/h4-8,12H,1-3H3. The van der Waals surface area contributed by atoms with Crippen molar-refractivity contribution in [3.8, 4) is 0 Å². The van der Waals surface area contributed by atoms with E-state index < -0.39 is 11.4 Å². The summed E-state index contributed by atoms with van der Waals surface area (Å²) in [5.74, 6) is 0. The lowest BCUT2D eigenvalue weighted by molar-refractivity contribution is -0.119. The van der Waals surface area contributed by atoms with E-state index in [1.807, 2.05) is 12.1 Å². The van der Waals surface area contributed by atoms with Gasteiger partial charge in [-0.2, -0.15) is 13.2 Å². The molecule has 0 aromatic heterocycles. The van der Waals surface area contributed by atoms with Gasteiger partial charge in [-0.25, -0.2) is 0 Å². The van der Waals surface area contributed by atoms with Crippen LogP contribution in [0.4, 0.5) is 13.2 Å². The molecule has 0 amide bonds. The molecular weight excluding hydrogens is 257 g/mol. The van der Waals surface area contributed by atoms with Gasteiger partial charge in [0, 0.05) is 4.90 Å². The molecule has 0 N–H and O–H groups in total. The maximum absolute atomic E-state index is 12.6. The Kier molecular flexibility index (Phi) is 3.26. The molecule has 1 atom stereocenters. The highest BCUT2D eigenvalue weighted by Gasteiger charge is 2.40. The number of halogens is 3. The van der Waals surface area contributed by atoms with Crippen molar-refractivity contribution < 1.29 is 13.2 Å². The quantitative estimate of drug-likeness (QED) is 0.638. The summed E-state index contributed by atoms with van der Waals surface area (Å²) in [7, 11) is 0. The van der Waals surface area contributed by atoms with Crippen molar-refractivity contribution in [2.24, 2.45) is 0 Å². The zero-order valence-corrected chi connectivity index (χ0v) is 11.3. The van der Waals surface area contributed by atoms with E-state index in [-0.39, 0.29) is 5.41 Å². The Hall–Kier alpha value is -0.900. The lowest BCUT2D eigenvalue weighted by Crippen LogP contribution is -2.24. The first-order valence-electron chi connectivity index (χ1n) is 5.74. The molecule has 2 rings (SSSR count). The Morgan fingerprint density at radius 1 is 1.11 bits per heavy atom. The number of hydrogen-bond donors (Lipinski definition) is 0. The number of alkyl halides is 3. The second kappa shape index (κ2) is 4.34. The summed E-state index contributed by atoms with van der Waals surface area (Å²) in [5.41, 5.74) is 2.03. The smallest absolute Gasteiger partial charge is 0.169 e. The van der Waals surface area contributed by atoms with Gasteiger partial charge < -0.3 is 0 Å². The molecule has 1 aromatic carbocycles. The molecule has 4 heteroatoms. The lowest BCUT2D eigenvalue weighted by atomic mass is 9.86. The maximum Gasteiger partial charge on any atom is 0.404 e. The molecule has 1 heterocycles. The molecule has 0 radical (unpaired) electrons. The first kappa shape index (κ1) is 13.5. The third kappa shape index (κ3) is 2.74. The van der Waals surface area contributed by atoms with Crippen molar-refractivity contribution in [1.29, 1.82) is 0 Å². The van der Waals surface area contributed by atoms with E-state index in [0.29, 0.717) is 4.90 Å². The minimum Gasteiger partial charge on any atom is -0.169 e. The monoisotopic (exact) mass is 272 g/mol. The highest BCUT2D eigenvalue weighted by atomic mass is 32.2. The molecule has 1 unspecified atom stereocenters.